The number of nitrogens with one attached hydrogen (secondary N) is 2. The third kappa shape index (κ3) is 3.96. The number of amides is 1. The van der Waals surface area contributed by atoms with Crippen LogP contribution in [0.2, 0.25) is 0 Å². The van der Waals surface area contributed by atoms with Gasteiger partial charge in [-0.3, -0.25) is 9.52 Å². The number of sulfonamides is 1. The van der Waals surface area contributed by atoms with Gasteiger partial charge >= 0.3 is 0 Å². The molecule has 2 rings (SSSR count). The van der Waals surface area contributed by atoms with Gasteiger partial charge in [0.15, 0.2) is 0 Å². The summed E-state index contributed by atoms with van der Waals surface area (Å²) in [7, 11) is -3.39. The molecule has 0 heterocycles. The van der Waals surface area contributed by atoms with Crippen LogP contribution in [0, 0.1) is 0 Å². The van der Waals surface area contributed by atoms with E-state index in [4.69, 9.17) is 0 Å². The van der Waals surface area contributed by atoms with E-state index in [0.717, 1.165) is 31.9 Å². The van der Waals surface area contributed by atoms with Crippen molar-refractivity contribution >= 4 is 21.6 Å². The average Bonchev–Trinajstić information content (AvgIpc) is 2.80. The van der Waals surface area contributed by atoms with Gasteiger partial charge in [0.05, 0.1) is 17.5 Å². The Hall–Kier alpha value is -1.56. The molecule has 0 saturated heterocycles. The number of para-hydroxylation sites is 1. The maximum atomic E-state index is 12.2. The molecule has 0 spiro atoms. The minimum Gasteiger partial charge on any atom is -0.349 e. The first-order valence-electron chi connectivity index (χ1n) is 6.33. The van der Waals surface area contributed by atoms with Gasteiger partial charge in [-0.25, -0.2) is 8.42 Å². The molecular formula is C13H18N2O3S. The molecule has 1 aliphatic carbocycles. The number of hydrogen-bond acceptors (Lipinski definition) is 3. The van der Waals surface area contributed by atoms with Crippen molar-refractivity contribution in [2.45, 2.75) is 31.7 Å². The first-order valence-corrected chi connectivity index (χ1v) is 8.22. The Bertz CT molecular complexity index is 563. The summed E-state index contributed by atoms with van der Waals surface area (Å²) in [5.74, 6) is -0.223. The molecular weight excluding hydrogens is 264 g/mol. The molecule has 1 amide bonds. The highest BCUT2D eigenvalue weighted by Crippen LogP contribution is 2.20. The van der Waals surface area contributed by atoms with Gasteiger partial charge in [0.25, 0.3) is 5.91 Å². The SMILES string of the molecule is CS(=O)(=O)Nc1ccccc1C(=O)NC1CCCC1. The third-order valence-corrected chi connectivity index (χ3v) is 3.75. The smallest absolute Gasteiger partial charge is 0.253 e. The molecule has 5 nitrogen and oxygen atoms in total. The maximum absolute atomic E-state index is 12.2. The van der Waals surface area contributed by atoms with E-state index >= 15 is 0 Å². The summed E-state index contributed by atoms with van der Waals surface area (Å²) < 4.78 is 24.9. The number of carbonyl (C=O) groups is 1. The van der Waals surface area contributed by atoms with Gasteiger partial charge in [-0.2, -0.15) is 0 Å². The van der Waals surface area contributed by atoms with E-state index in [0.29, 0.717) is 11.3 Å². The Morgan fingerprint density at radius 1 is 1.21 bits per heavy atom. The van der Waals surface area contributed by atoms with Crippen LogP contribution in [0.5, 0.6) is 0 Å². The summed E-state index contributed by atoms with van der Waals surface area (Å²) in [6.45, 7) is 0. The number of hydrogen-bond donors (Lipinski definition) is 2. The predicted molar refractivity (Wildman–Crippen MR) is 74.6 cm³/mol. The molecule has 0 bridgehead atoms. The molecule has 1 aliphatic rings. The Morgan fingerprint density at radius 3 is 2.47 bits per heavy atom. The van der Waals surface area contributed by atoms with E-state index in [-0.39, 0.29) is 11.9 Å². The number of carbonyl (C=O) groups excluding carboxylic acids is 1. The Labute approximate surface area is 113 Å². The summed E-state index contributed by atoms with van der Waals surface area (Å²) >= 11 is 0. The highest BCUT2D eigenvalue weighted by molar-refractivity contribution is 7.92. The van der Waals surface area contributed by atoms with Gasteiger partial charge in [-0.05, 0) is 25.0 Å². The minimum atomic E-state index is -3.39. The second-order valence-electron chi connectivity index (χ2n) is 4.87. The lowest BCUT2D eigenvalue weighted by molar-refractivity contribution is 0.0939. The van der Waals surface area contributed by atoms with E-state index < -0.39 is 10.0 Å². The second-order valence-corrected chi connectivity index (χ2v) is 6.62. The van der Waals surface area contributed by atoms with E-state index in [9.17, 15) is 13.2 Å². The second kappa shape index (κ2) is 5.61. The first kappa shape index (κ1) is 13.9. The fourth-order valence-electron chi connectivity index (χ4n) is 2.30. The van der Waals surface area contributed by atoms with Crippen molar-refractivity contribution in [1.29, 1.82) is 0 Å². The number of anilines is 1. The van der Waals surface area contributed by atoms with Gasteiger partial charge in [-0.1, -0.05) is 25.0 Å². The van der Waals surface area contributed by atoms with Crippen LogP contribution in [0.1, 0.15) is 36.0 Å². The fraction of sp³-hybridized carbons (Fsp3) is 0.462. The molecule has 0 unspecified atom stereocenters. The Balaban J connectivity index is 2.16. The number of rotatable bonds is 4. The molecule has 2 N–H and O–H groups in total. The van der Waals surface area contributed by atoms with E-state index in [1.54, 1.807) is 24.3 Å². The Morgan fingerprint density at radius 2 is 1.84 bits per heavy atom. The summed E-state index contributed by atoms with van der Waals surface area (Å²) in [6.07, 6.45) is 5.32. The van der Waals surface area contributed by atoms with E-state index in [1.807, 2.05) is 0 Å². The van der Waals surface area contributed by atoms with Gasteiger partial charge in [0, 0.05) is 6.04 Å². The molecule has 0 aliphatic heterocycles. The van der Waals surface area contributed by atoms with Crippen LogP contribution >= 0.6 is 0 Å². The summed E-state index contributed by atoms with van der Waals surface area (Å²) in [6, 6.07) is 6.83. The van der Waals surface area contributed by atoms with Gasteiger partial charge in [0.1, 0.15) is 0 Å². The zero-order valence-electron chi connectivity index (χ0n) is 10.8. The molecule has 1 aromatic carbocycles. The number of benzene rings is 1. The van der Waals surface area contributed by atoms with Crippen molar-refractivity contribution in [3.05, 3.63) is 29.8 Å². The van der Waals surface area contributed by atoms with Crippen LogP contribution in [0.4, 0.5) is 5.69 Å². The zero-order chi connectivity index (χ0) is 13.9. The van der Waals surface area contributed by atoms with Crippen molar-refractivity contribution in [2.24, 2.45) is 0 Å². The van der Waals surface area contributed by atoms with Crippen LogP contribution in [-0.2, 0) is 10.0 Å². The van der Waals surface area contributed by atoms with E-state index in [2.05, 4.69) is 10.0 Å². The minimum absolute atomic E-state index is 0.207. The van der Waals surface area contributed by atoms with Gasteiger partial charge in [-0.15, -0.1) is 0 Å². The van der Waals surface area contributed by atoms with Crippen LogP contribution < -0.4 is 10.0 Å². The van der Waals surface area contributed by atoms with Crippen molar-refractivity contribution < 1.29 is 13.2 Å². The largest absolute Gasteiger partial charge is 0.349 e. The quantitative estimate of drug-likeness (QED) is 0.883. The molecule has 19 heavy (non-hydrogen) atoms. The van der Waals surface area contributed by atoms with Gasteiger partial charge in [0.2, 0.25) is 10.0 Å². The molecule has 1 saturated carbocycles. The van der Waals surface area contributed by atoms with Crippen LogP contribution in [0.15, 0.2) is 24.3 Å². The highest BCUT2D eigenvalue weighted by atomic mass is 32.2. The van der Waals surface area contributed by atoms with E-state index in [1.165, 1.54) is 0 Å². The molecule has 104 valence electrons. The van der Waals surface area contributed by atoms with Crippen LogP contribution in [0.25, 0.3) is 0 Å². The lowest BCUT2D eigenvalue weighted by Crippen LogP contribution is -2.33. The molecule has 1 fully saturated rings. The van der Waals surface area contributed by atoms with Crippen LogP contribution in [-0.4, -0.2) is 26.6 Å². The molecule has 0 radical (unpaired) electrons. The molecule has 0 aromatic heterocycles. The average molecular weight is 282 g/mol. The van der Waals surface area contributed by atoms with Crippen molar-refractivity contribution in [3.8, 4) is 0 Å². The third-order valence-electron chi connectivity index (χ3n) is 3.16. The standard InChI is InChI=1S/C13H18N2O3S/c1-19(17,18)15-12-9-5-4-8-11(12)13(16)14-10-6-2-3-7-10/h4-5,8-10,15H,2-3,6-7H2,1H3,(H,14,16). The van der Waals surface area contributed by atoms with Crippen molar-refractivity contribution in [1.82, 2.24) is 5.32 Å². The normalized spacial score (nSPS) is 16.3. The summed E-state index contributed by atoms with van der Waals surface area (Å²) in [5.41, 5.74) is 0.681. The lowest BCUT2D eigenvalue weighted by atomic mass is 10.1. The zero-order valence-corrected chi connectivity index (χ0v) is 11.7. The topological polar surface area (TPSA) is 75.3 Å². The summed E-state index contributed by atoms with van der Waals surface area (Å²) in [5, 5.41) is 2.95. The fourth-order valence-corrected chi connectivity index (χ4v) is 2.88. The monoisotopic (exact) mass is 282 g/mol. The predicted octanol–water partition coefficient (Wildman–Crippen LogP) is 1.73. The lowest BCUT2D eigenvalue weighted by Gasteiger charge is -2.14. The maximum Gasteiger partial charge on any atom is 0.253 e. The van der Waals surface area contributed by atoms with Gasteiger partial charge < -0.3 is 5.32 Å². The highest BCUT2D eigenvalue weighted by Gasteiger charge is 2.20. The first-order chi connectivity index (χ1) is 8.96. The van der Waals surface area contributed by atoms with Crippen molar-refractivity contribution in [2.75, 3.05) is 11.0 Å². The molecule has 0 atom stereocenters. The molecule has 1 aromatic rings. The molecule has 6 heteroatoms. The Kier molecular flexibility index (Phi) is 4.09. The van der Waals surface area contributed by atoms with Crippen LogP contribution in [0.3, 0.4) is 0 Å². The van der Waals surface area contributed by atoms with Crippen molar-refractivity contribution in [3.63, 3.8) is 0 Å². The summed E-state index contributed by atoms with van der Waals surface area (Å²) in [4.78, 5) is 12.2.